The first-order chi connectivity index (χ1) is 9.86. The summed E-state index contributed by atoms with van der Waals surface area (Å²) in [5.41, 5.74) is 8.66. The van der Waals surface area contributed by atoms with Crippen LogP contribution in [0.3, 0.4) is 0 Å². The topological polar surface area (TPSA) is 69.6 Å². The smallest absolute Gasteiger partial charge is 0.161 e. The average Bonchev–Trinajstić information content (AvgIpc) is 3.07. The van der Waals surface area contributed by atoms with Crippen LogP contribution in [0.1, 0.15) is 23.9 Å². The lowest BCUT2D eigenvalue weighted by Gasteiger charge is -2.05. The van der Waals surface area contributed by atoms with Crippen LogP contribution in [0.2, 0.25) is 0 Å². The van der Waals surface area contributed by atoms with Crippen molar-refractivity contribution >= 4 is 22.4 Å². The van der Waals surface area contributed by atoms with E-state index in [9.17, 15) is 0 Å². The molecule has 5 nitrogen and oxygen atoms in total. The first-order valence-electron chi connectivity index (χ1n) is 6.83. The summed E-state index contributed by atoms with van der Waals surface area (Å²) in [5.74, 6) is 0.968. The minimum atomic E-state index is 0.567. The monoisotopic (exact) mass is 285 g/mol. The summed E-state index contributed by atoms with van der Waals surface area (Å²) in [6.07, 6.45) is 6.93. The lowest BCUT2D eigenvalue weighted by molar-refractivity contribution is 0.772. The van der Waals surface area contributed by atoms with Gasteiger partial charge >= 0.3 is 0 Å². The molecule has 1 saturated carbocycles. The van der Waals surface area contributed by atoms with Crippen LogP contribution in [0.25, 0.3) is 22.6 Å². The lowest BCUT2D eigenvalue weighted by Crippen LogP contribution is -2.02. The number of imidazole rings is 1. The Hall–Kier alpha value is -1.79. The molecule has 0 amide bonds. The molecule has 20 heavy (non-hydrogen) atoms. The summed E-state index contributed by atoms with van der Waals surface area (Å²) in [7, 11) is 0. The fraction of sp³-hybridized carbons (Fsp3) is 0.357. The maximum Gasteiger partial charge on any atom is 0.161 e. The van der Waals surface area contributed by atoms with Gasteiger partial charge in [0.2, 0.25) is 0 Å². The van der Waals surface area contributed by atoms with Crippen LogP contribution in [-0.4, -0.2) is 26.1 Å². The highest BCUT2D eigenvalue weighted by Crippen LogP contribution is 2.41. The highest BCUT2D eigenvalue weighted by molar-refractivity contribution is 7.09. The molecular formula is C14H15N5S. The fourth-order valence-corrected chi connectivity index (χ4v) is 3.28. The third kappa shape index (κ3) is 1.92. The largest absolute Gasteiger partial charge is 0.330 e. The van der Waals surface area contributed by atoms with Gasteiger partial charge in [-0.05, 0) is 25.5 Å². The Morgan fingerprint density at radius 3 is 3.05 bits per heavy atom. The number of hydrogen-bond acceptors (Lipinski definition) is 5. The first kappa shape index (κ1) is 12.0. The summed E-state index contributed by atoms with van der Waals surface area (Å²) in [4.78, 5) is 13.6. The molecule has 1 aliphatic carbocycles. The summed E-state index contributed by atoms with van der Waals surface area (Å²) < 4.78 is 2.32. The van der Waals surface area contributed by atoms with Gasteiger partial charge in [-0.3, -0.25) is 4.98 Å². The summed E-state index contributed by atoms with van der Waals surface area (Å²) in [6.45, 7) is 0.635. The number of pyridine rings is 1. The fourth-order valence-electron chi connectivity index (χ4n) is 2.49. The van der Waals surface area contributed by atoms with Crippen molar-refractivity contribution in [2.24, 2.45) is 5.73 Å². The number of aromatic nitrogens is 4. The molecule has 4 rings (SSSR count). The summed E-state index contributed by atoms with van der Waals surface area (Å²) >= 11 is 1.66. The molecule has 3 aromatic heterocycles. The van der Waals surface area contributed by atoms with E-state index in [0.29, 0.717) is 12.6 Å². The highest BCUT2D eigenvalue weighted by atomic mass is 32.1. The molecule has 0 aliphatic heterocycles. The number of fused-ring (bicyclic) bond motifs is 1. The van der Waals surface area contributed by atoms with Crippen LogP contribution in [0.15, 0.2) is 23.8 Å². The molecule has 0 radical (unpaired) electrons. The lowest BCUT2D eigenvalue weighted by atomic mass is 10.4. The molecule has 0 atom stereocenters. The summed E-state index contributed by atoms with van der Waals surface area (Å²) in [5, 5.41) is 3.16. The minimum absolute atomic E-state index is 0.567. The van der Waals surface area contributed by atoms with Crippen LogP contribution in [0.5, 0.6) is 0 Å². The number of hydrogen-bond donors (Lipinski definition) is 1. The van der Waals surface area contributed by atoms with E-state index in [1.807, 2.05) is 18.5 Å². The molecule has 3 aromatic rings. The van der Waals surface area contributed by atoms with Crippen molar-refractivity contribution in [3.05, 3.63) is 28.8 Å². The van der Waals surface area contributed by atoms with E-state index in [2.05, 4.69) is 19.9 Å². The first-order valence-corrected chi connectivity index (χ1v) is 7.71. The highest BCUT2D eigenvalue weighted by Gasteiger charge is 2.29. The van der Waals surface area contributed by atoms with Crippen LogP contribution < -0.4 is 5.73 Å². The number of rotatable bonds is 4. The molecule has 1 aliphatic rings. The van der Waals surface area contributed by atoms with E-state index in [-0.39, 0.29) is 0 Å². The van der Waals surface area contributed by atoms with Gasteiger partial charge in [-0.2, -0.15) is 0 Å². The van der Waals surface area contributed by atoms with Gasteiger partial charge in [-0.1, -0.05) is 0 Å². The van der Waals surface area contributed by atoms with Crippen molar-refractivity contribution < 1.29 is 0 Å². The SMILES string of the molecule is NCCc1nc(-c2nc3cnccc3n2C2CC2)cs1. The normalized spacial score (nSPS) is 15.1. The second-order valence-electron chi connectivity index (χ2n) is 5.07. The van der Waals surface area contributed by atoms with Gasteiger partial charge in [-0.25, -0.2) is 9.97 Å². The molecule has 0 bridgehead atoms. The zero-order valence-electron chi connectivity index (χ0n) is 11.0. The van der Waals surface area contributed by atoms with Gasteiger partial charge in [-0.15, -0.1) is 11.3 Å². The molecule has 0 unspecified atom stereocenters. The molecular weight excluding hydrogens is 270 g/mol. The number of thiazole rings is 1. The Morgan fingerprint density at radius 2 is 2.25 bits per heavy atom. The Balaban J connectivity index is 1.87. The third-order valence-corrected chi connectivity index (χ3v) is 4.45. The predicted molar refractivity (Wildman–Crippen MR) is 79.7 cm³/mol. The molecule has 3 heterocycles. The van der Waals surface area contributed by atoms with Crippen LogP contribution in [-0.2, 0) is 6.42 Å². The average molecular weight is 285 g/mol. The van der Waals surface area contributed by atoms with Crippen molar-refractivity contribution in [2.75, 3.05) is 6.54 Å². The van der Waals surface area contributed by atoms with Gasteiger partial charge in [0.1, 0.15) is 11.2 Å². The van der Waals surface area contributed by atoms with Gasteiger partial charge in [0, 0.05) is 24.0 Å². The zero-order chi connectivity index (χ0) is 13.5. The Morgan fingerprint density at radius 1 is 1.35 bits per heavy atom. The Bertz CT molecular complexity index is 756. The standard InChI is InChI=1S/C14H15N5S/c15-5-3-13-17-11(8-20-13)14-18-10-7-16-6-4-12(10)19(14)9-1-2-9/h4,6-9H,1-3,5,15H2. The van der Waals surface area contributed by atoms with Crippen molar-refractivity contribution in [1.82, 2.24) is 19.5 Å². The molecule has 0 spiro atoms. The molecule has 1 fully saturated rings. The molecule has 6 heteroatoms. The van der Waals surface area contributed by atoms with E-state index < -0.39 is 0 Å². The molecule has 2 N–H and O–H groups in total. The van der Waals surface area contributed by atoms with Crippen molar-refractivity contribution in [3.63, 3.8) is 0 Å². The zero-order valence-corrected chi connectivity index (χ0v) is 11.8. The Kier molecular flexibility index (Phi) is 2.78. The van der Waals surface area contributed by atoms with Crippen LogP contribution in [0.4, 0.5) is 0 Å². The quantitative estimate of drug-likeness (QED) is 0.799. The van der Waals surface area contributed by atoms with Crippen LogP contribution in [0, 0.1) is 0 Å². The van der Waals surface area contributed by atoms with Crippen LogP contribution >= 0.6 is 11.3 Å². The third-order valence-electron chi connectivity index (χ3n) is 3.54. The van der Waals surface area contributed by atoms with E-state index in [4.69, 9.17) is 10.7 Å². The number of nitrogens with two attached hydrogens (primary N) is 1. The van der Waals surface area contributed by atoms with Gasteiger partial charge in [0.05, 0.1) is 16.7 Å². The second-order valence-corrected chi connectivity index (χ2v) is 6.01. The van der Waals surface area contributed by atoms with Gasteiger partial charge in [0.15, 0.2) is 5.82 Å². The van der Waals surface area contributed by atoms with E-state index in [1.54, 1.807) is 11.3 Å². The molecule has 0 saturated heterocycles. The second kappa shape index (κ2) is 4.64. The van der Waals surface area contributed by atoms with E-state index in [1.165, 1.54) is 12.8 Å². The number of nitrogens with zero attached hydrogens (tertiary/aromatic N) is 4. The summed E-state index contributed by atoms with van der Waals surface area (Å²) in [6, 6.07) is 2.61. The maximum absolute atomic E-state index is 5.60. The van der Waals surface area contributed by atoms with Gasteiger partial charge < -0.3 is 10.3 Å². The van der Waals surface area contributed by atoms with Crippen molar-refractivity contribution in [3.8, 4) is 11.5 Å². The minimum Gasteiger partial charge on any atom is -0.330 e. The van der Waals surface area contributed by atoms with E-state index in [0.717, 1.165) is 34.0 Å². The molecule has 0 aromatic carbocycles. The predicted octanol–water partition coefficient (Wildman–Crippen LogP) is 2.39. The van der Waals surface area contributed by atoms with Crippen molar-refractivity contribution in [2.45, 2.75) is 25.3 Å². The maximum atomic E-state index is 5.60. The molecule has 102 valence electrons. The van der Waals surface area contributed by atoms with E-state index >= 15 is 0 Å². The van der Waals surface area contributed by atoms with Crippen molar-refractivity contribution in [1.29, 1.82) is 0 Å². The van der Waals surface area contributed by atoms with Gasteiger partial charge in [0.25, 0.3) is 0 Å². The Labute approximate surface area is 120 Å².